The fourth-order valence-corrected chi connectivity index (χ4v) is 4.78. The smallest absolute Gasteiger partial charge is 0.255 e. The molecule has 1 heterocycles. The average Bonchev–Trinajstić information content (AvgIpc) is 2.75. The first-order chi connectivity index (χ1) is 13.9. The van der Waals surface area contributed by atoms with Crippen LogP contribution in [0.2, 0.25) is 0 Å². The van der Waals surface area contributed by atoms with Gasteiger partial charge in [0.2, 0.25) is 5.91 Å². The third kappa shape index (κ3) is 5.61. The quantitative estimate of drug-likeness (QED) is 0.759. The van der Waals surface area contributed by atoms with Crippen molar-refractivity contribution in [2.75, 3.05) is 35.7 Å². The van der Waals surface area contributed by atoms with Crippen molar-refractivity contribution in [2.45, 2.75) is 18.2 Å². The molecular formula is C21H24N2O4S2. The van der Waals surface area contributed by atoms with Gasteiger partial charge >= 0.3 is 0 Å². The number of carbonyl (C=O) groups is 2. The standard InChI is InChI=1S/C21H24N2O4S2/c1-2-29(26,27)19-9-5-17(6-10-19)21(25)22-18-7-3-16(4-8-18)15-20(24)23-11-13-28-14-12-23/h3-10H,2,11-15H2,1H3,(H,22,25). The minimum atomic E-state index is -3.29. The predicted octanol–water partition coefficient (Wildman–Crippen LogP) is 2.85. The van der Waals surface area contributed by atoms with Gasteiger partial charge in [0, 0.05) is 35.8 Å². The van der Waals surface area contributed by atoms with Gasteiger partial charge in [0.05, 0.1) is 17.1 Å². The van der Waals surface area contributed by atoms with Gasteiger partial charge in [0.15, 0.2) is 9.84 Å². The molecule has 0 bridgehead atoms. The van der Waals surface area contributed by atoms with E-state index in [1.807, 2.05) is 28.8 Å². The van der Waals surface area contributed by atoms with Gasteiger partial charge in [-0.15, -0.1) is 0 Å². The molecule has 0 spiro atoms. The SMILES string of the molecule is CCS(=O)(=O)c1ccc(C(=O)Nc2ccc(CC(=O)N3CCSCC3)cc2)cc1. The molecule has 0 aliphatic carbocycles. The van der Waals surface area contributed by atoms with Crippen molar-refractivity contribution in [3.8, 4) is 0 Å². The van der Waals surface area contributed by atoms with Crippen LogP contribution in [-0.4, -0.2) is 55.5 Å². The van der Waals surface area contributed by atoms with Crippen LogP contribution in [-0.2, 0) is 21.1 Å². The topological polar surface area (TPSA) is 83.5 Å². The van der Waals surface area contributed by atoms with Crippen molar-refractivity contribution in [1.29, 1.82) is 0 Å². The maximum atomic E-state index is 12.4. The zero-order chi connectivity index (χ0) is 20.9. The molecule has 1 aliphatic heterocycles. The third-order valence-electron chi connectivity index (χ3n) is 4.79. The molecule has 0 aromatic heterocycles. The molecule has 6 nitrogen and oxygen atoms in total. The molecule has 29 heavy (non-hydrogen) atoms. The molecule has 154 valence electrons. The monoisotopic (exact) mass is 432 g/mol. The molecule has 3 rings (SSSR count). The highest BCUT2D eigenvalue weighted by atomic mass is 32.2. The fourth-order valence-electron chi connectivity index (χ4n) is 2.99. The zero-order valence-electron chi connectivity index (χ0n) is 16.3. The van der Waals surface area contributed by atoms with E-state index in [1.54, 1.807) is 19.1 Å². The van der Waals surface area contributed by atoms with Crippen LogP contribution in [0.15, 0.2) is 53.4 Å². The number of carbonyl (C=O) groups excluding carboxylic acids is 2. The second-order valence-corrected chi connectivity index (χ2v) is 10.3. The Kier molecular flexibility index (Phi) is 6.97. The first kappa shape index (κ1) is 21.4. The number of rotatable bonds is 6. The molecule has 0 unspecified atom stereocenters. The Morgan fingerprint density at radius 3 is 2.21 bits per heavy atom. The Bertz CT molecular complexity index is 965. The lowest BCUT2D eigenvalue weighted by Gasteiger charge is -2.26. The zero-order valence-corrected chi connectivity index (χ0v) is 17.9. The summed E-state index contributed by atoms with van der Waals surface area (Å²) in [6.07, 6.45) is 0.353. The average molecular weight is 433 g/mol. The van der Waals surface area contributed by atoms with Crippen LogP contribution in [0.4, 0.5) is 5.69 Å². The summed E-state index contributed by atoms with van der Waals surface area (Å²) in [6.45, 7) is 3.19. The highest BCUT2D eigenvalue weighted by molar-refractivity contribution is 7.99. The molecule has 0 atom stereocenters. The molecule has 1 aliphatic rings. The lowest BCUT2D eigenvalue weighted by molar-refractivity contribution is -0.130. The fraction of sp³-hybridized carbons (Fsp3) is 0.333. The van der Waals surface area contributed by atoms with Gasteiger partial charge in [-0.1, -0.05) is 19.1 Å². The third-order valence-corrected chi connectivity index (χ3v) is 7.48. The summed E-state index contributed by atoms with van der Waals surface area (Å²) in [6, 6.07) is 13.1. The Labute approximate surface area is 175 Å². The minimum absolute atomic E-state index is 0.0180. The van der Waals surface area contributed by atoms with E-state index >= 15 is 0 Å². The molecule has 2 amide bonds. The Balaban J connectivity index is 1.59. The Morgan fingerprint density at radius 2 is 1.62 bits per heavy atom. The molecule has 0 saturated carbocycles. The van der Waals surface area contributed by atoms with Crippen molar-refractivity contribution in [3.63, 3.8) is 0 Å². The highest BCUT2D eigenvalue weighted by Gasteiger charge is 2.17. The van der Waals surface area contributed by atoms with Crippen LogP contribution in [0.3, 0.4) is 0 Å². The van der Waals surface area contributed by atoms with Gasteiger partial charge in [0.25, 0.3) is 5.91 Å². The van der Waals surface area contributed by atoms with Gasteiger partial charge in [-0.05, 0) is 42.0 Å². The highest BCUT2D eigenvalue weighted by Crippen LogP contribution is 2.16. The summed E-state index contributed by atoms with van der Waals surface area (Å²) in [7, 11) is -3.29. The van der Waals surface area contributed by atoms with E-state index in [4.69, 9.17) is 0 Å². The second kappa shape index (κ2) is 9.45. The van der Waals surface area contributed by atoms with Crippen LogP contribution in [0.25, 0.3) is 0 Å². The second-order valence-electron chi connectivity index (χ2n) is 6.75. The minimum Gasteiger partial charge on any atom is -0.341 e. The van der Waals surface area contributed by atoms with E-state index in [0.717, 1.165) is 30.2 Å². The van der Waals surface area contributed by atoms with E-state index in [2.05, 4.69) is 5.32 Å². The van der Waals surface area contributed by atoms with Gasteiger partial charge in [-0.3, -0.25) is 9.59 Å². The largest absolute Gasteiger partial charge is 0.341 e. The van der Waals surface area contributed by atoms with Crippen molar-refractivity contribution in [3.05, 3.63) is 59.7 Å². The summed E-state index contributed by atoms with van der Waals surface area (Å²) in [5.41, 5.74) is 1.90. The lowest BCUT2D eigenvalue weighted by atomic mass is 10.1. The summed E-state index contributed by atoms with van der Waals surface area (Å²) < 4.78 is 23.7. The van der Waals surface area contributed by atoms with Crippen molar-refractivity contribution in [1.82, 2.24) is 4.90 Å². The molecule has 8 heteroatoms. The number of benzene rings is 2. The van der Waals surface area contributed by atoms with E-state index in [9.17, 15) is 18.0 Å². The van der Waals surface area contributed by atoms with Crippen LogP contribution < -0.4 is 5.32 Å². The number of hydrogen-bond acceptors (Lipinski definition) is 5. The summed E-state index contributed by atoms with van der Waals surface area (Å²) in [4.78, 5) is 26.8. The molecule has 1 fully saturated rings. The number of sulfone groups is 1. The van der Waals surface area contributed by atoms with Gasteiger partial charge in [0.1, 0.15) is 0 Å². The van der Waals surface area contributed by atoms with Crippen molar-refractivity contribution >= 4 is 39.1 Å². The van der Waals surface area contributed by atoms with Crippen LogP contribution >= 0.6 is 11.8 Å². The molecule has 2 aromatic carbocycles. The van der Waals surface area contributed by atoms with Crippen LogP contribution in [0, 0.1) is 0 Å². The van der Waals surface area contributed by atoms with E-state index in [-0.39, 0.29) is 22.5 Å². The maximum absolute atomic E-state index is 12.4. The maximum Gasteiger partial charge on any atom is 0.255 e. The summed E-state index contributed by atoms with van der Waals surface area (Å²) in [5, 5.41) is 2.79. The first-order valence-corrected chi connectivity index (χ1v) is 12.3. The number of thioether (sulfide) groups is 1. The summed E-state index contributed by atoms with van der Waals surface area (Å²) in [5.74, 6) is 1.80. The van der Waals surface area contributed by atoms with Crippen molar-refractivity contribution < 1.29 is 18.0 Å². The van der Waals surface area contributed by atoms with E-state index in [0.29, 0.717) is 17.7 Å². The van der Waals surface area contributed by atoms with Crippen LogP contribution in [0.5, 0.6) is 0 Å². The van der Waals surface area contributed by atoms with Crippen molar-refractivity contribution in [2.24, 2.45) is 0 Å². The number of hydrogen-bond donors (Lipinski definition) is 1. The molecule has 2 aromatic rings. The number of nitrogens with one attached hydrogen (secondary N) is 1. The van der Waals surface area contributed by atoms with Gasteiger partial charge in [-0.25, -0.2) is 8.42 Å². The molecule has 0 radical (unpaired) electrons. The van der Waals surface area contributed by atoms with E-state index < -0.39 is 9.84 Å². The number of anilines is 1. The van der Waals surface area contributed by atoms with Gasteiger partial charge in [-0.2, -0.15) is 11.8 Å². The molecule has 1 saturated heterocycles. The summed E-state index contributed by atoms with van der Waals surface area (Å²) >= 11 is 1.87. The van der Waals surface area contributed by atoms with Crippen LogP contribution in [0.1, 0.15) is 22.8 Å². The Hall–Kier alpha value is -2.32. The molecule has 1 N–H and O–H groups in total. The lowest BCUT2D eigenvalue weighted by Crippen LogP contribution is -2.38. The van der Waals surface area contributed by atoms with E-state index in [1.165, 1.54) is 24.3 Å². The predicted molar refractivity (Wildman–Crippen MR) is 116 cm³/mol. The Morgan fingerprint density at radius 1 is 1.00 bits per heavy atom. The number of amides is 2. The normalized spacial score (nSPS) is 14.4. The van der Waals surface area contributed by atoms with Gasteiger partial charge < -0.3 is 10.2 Å². The first-order valence-electron chi connectivity index (χ1n) is 9.47. The number of nitrogens with zero attached hydrogens (tertiary/aromatic N) is 1. The molecular weight excluding hydrogens is 408 g/mol.